The maximum Gasteiger partial charge on any atom is 0.166 e. The molecule has 1 aromatic rings. The molecule has 0 aliphatic heterocycles. The Morgan fingerprint density at radius 2 is 2.14 bits per heavy atom. The first-order chi connectivity index (χ1) is 6.65. The molecule has 0 spiro atoms. The lowest BCUT2D eigenvalue weighted by atomic mass is 10.3. The molecule has 3 nitrogen and oxygen atoms in total. The normalized spacial score (nSPS) is 10.2. The number of benzene rings is 1. The third kappa shape index (κ3) is 2.85. The number of nitrogen functional groups attached to an aromatic ring is 1. The van der Waals surface area contributed by atoms with Crippen LogP contribution in [0.4, 0.5) is 10.1 Å². The van der Waals surface area contributed by atoms with E-state index in [1.54, 1.807) is 7.11 Å². The highest BCUT2D eigenvalue weighted by molar-refractivity contribution is 9.10. The van der Waals surface area contributed by atoms with Crippen LogP contribution in [0.1, 0.15) is 0 Å². The highest BCUT2D eigenvalue weighted by Crippen LogP contribution is 2.27. The lowest BCUT2D eigenvalue weighted by Gasteiger charge is -2.08. The number of nitrogens with two attached hydrogens (primary N) is 1. The predicted molar refractivity (Wildman–Crippen MR) is 55.9 cm³/mol. The lowest BCUT2D eigenvalue weighted by Crippen LogP contribution is -2.06. The zero-order chi connectivity index (χ0) is 10.6. The summed E-state index contributed by atoms with van der Waals surface area (Å²) in [4.78, 5) is 0. The molecular weight excluding hydrogens is 253 g/mol. The molecule has 0 saturated heterocycles. The Hall–Kier alpha value is -0.810. The second-order valence-electron chi connectivity index (χ2n) is 2.65. The molecule has 0 aromatic heterocycles. The lowest BCUT2D eigenvalue weighted by molar-refractivity contribution is 0.144. The van der Waals surface area contributed by atoms with Gasteiger partial charge in [0.25, 0.3) is 0 Å². The maximum atomic E-state index is 13.2. The Labute approximate surface area is 90.1 Å². The molecule has 0 unspecified atom stereocenters. The standard InChI is InChI=1S/C9H11BrFNO2/c1-13-2-3-14-9-5-8(12)6(10)4-7(9)11/h4-5H,2-3,12H2,1H3. The molecule has 0 aliphatic carbocycles. The van der Waals surface area contributed by atoms with E-state index < -0.39 is 5.82 Å². The Kier molecular flexibility index (Phi) is 4.16. The minimum absolute atomic E-state index is 0.141. The number of halogens is 2. The van der Waals surface area contributed by atoms with Crippen LogP contribution in [0.2, 0.25) is 0 Å². The molecule has 1 aromatic carbocycles. The molecule has 1 rings (SSSR count). The van der Waals surface area contributed by atoms with Gasteiger partial charge < -0.3 is 15.2 Å². The topological polar surface area (TPSA) is 44.5 Å². The second-order valence-corrected chi connectivity index (χ2v) is 3.50. The van der Waals surface area contributed by atoms with Gasteiger partial charge in [-0.1, -0.05) is 0 Å². The quantitative estimate of drug-likeness (QED) is 0.669. The average molecular weight is 264 g/mol. The fraction of sp³-hybridized carbons (Fsp3) is 0.333. The summed E-state index contributed by atoms with van der Waals surface area (Å²) in [5.74, 6) is -0.301. The first-order valence-corrected chi connectivity index (χ1v) is 4.80. The second kappa shape index (κ2) is 5.17. The average Bonchev–Trinajstić information content (AvgIpc) is 2.14. The highest BCUT2D eigenvalue weighted by Gasteiger charge is 2.06. The summed E-state index contributed by atoms with van der Waals surface area (Å²) in [6.07, 6.45) is 0. The van der Waals surface area contributed by atoms with Crippen molar-refractivity contribution in [2.45, 2.75) is 0 Å². The molecule has 0 bridgehead atoms. The molecule has 78 valence electrons. The molecule has 2 N–H and O–H groups in total. The van der Waals surface area contributed by atoms with Crippen molar-refractivity contribution in [1.82, 2.24) is 0 Å². The number of hydrogen-bond donors (Lipinski definition) is 1. The Balaban J connectivity index is 2.72. The van der Waals surface area contributed by atoms with Crippen LogP contribution in [0.3, 0.4) is 0 Å². The van der Waals surface area contributed by atoms with Gasteiger partial charge in [0.2, 0.25) is 0 Å². The molecule has 0 radical (unpaired) electrons. The van der Waals surface area contributed by atoms with Crippen molar-refractivity contribution in [2.75, 3.05) is 26.1 Å². The van der Waals surface area contributed by atoms with Gasteiger partial charge in [-0.2, -0.15) is 0 Å². The third-order valence-corrected chi connectivity index (χ3v) is 2.28. The molecule has 0 aliphatic rings. The summed E-state index contributed by atoms with van der Waals surface area (Å²) in [6, 6.07) is 2.71. The van der Waals surface area contributed by atoms with Crippen molar-refractivity contribution >= 4 is 21.6 Å². The zero-order valence-corrected chi connectivity index (χ0v) is 9.30. The van der Waals surface area contributed by atoms with E-state index in [0.29, 0.717) is 23.4 Å². The van der Waals surface area contributed by atoms with Gasteiger partial charge in [-0.3, -0.25) is 0 Å². The molecule has 0 saturated carbocycles. The Morgan fingerprint density at radius 1 is 1.43 bits per heavy atom. The number of anilines is 1. The number of hydrogen-bond acceptors (Lipinski definition) is 3. The van der Waals surface area contributed by atoms with Crippen molar-refractivity contribution in [3.63, 3.8) is 0 Å². The third-order valence-electron chi connectivity index (χ3n) is 1.60. The van der Waals surface area contributed by atoms with Crippen molar-refractivity contribution in [1.29, 1.82) is 0 Å². The van der Waals surface area contributed by atoms with E-state index in [9.17, 15) is 4.39 Å². The minimum atomic E-state index is -0.442. The van der Waals surface area contributed by atoms with Gasteiger partial charge in [-0.05, 0) is 22.0 Å². The summed E-state index contributed by atoms with van der Waals surface area (Å²) in [5.41, 5.74) is 6.01. The summed E-state index contributed by atoms with van der Waals surface area (Å²) in [5, 5.41) is 0. The number of ether oxygens (including phenoxy) is 2. The van der Waals surface area contributed by atoms with Crippen LogP contribution in [0.25, 0.3) is 0 Å². The monoisotopic (exact) mass is 263 g/mol. The summed E-state index contributed by atoms with van der Waals surface area (Å²) >= 11 is 3.12. The molecule has 14 heavy (non-hydrogen) atoms. The molecule has 0 atom stereocenters. The molecule has 0 fully saturated rings. The fourth-order valence-corrected chi connectivity index (χ4v) is 1.21. The summed E-state index contributed by atoms with van der Waals surface area (Å²) in [7, 11) is 1.55. The van der Waals surface area contributed by atoms with E-state index in [1.165, 1.54) is 12.1 Å². The number of methoxy groups -OCH3 is 1. The molecule has 0 amide bonds. The van der Waals surface area contributed by atoms with Crippen LogP contribution in [-0.2, 0) is 4.74 Å². The largest absolute Gasteiger partial charge is 0.488 e. The van der Waals surface area contributed by atoms with Crippen molar-refractivity contribution in [2.24, 2.45) is 0 Å². The fourth-order valence-electron chi connectivity index (χ4n) is 0.890. The minimum Gasteiger partial charge on any atom is -0.488 e. The van der Waals surface area contributed by atoms with Crippen LogP contribution in [0.15, 0.2) is 16.6 Å². The van der Waals surface area contributed by atoms with E-state index >= 15 is 0 Å². The van der Waals surface area contributed by atoms with Gasteiger partial charge in [0.15, 0.2) is 11.6 Å². The first kappa shape index (κ1) is 11.3. The van der Waals surface area contributed by atoms with E-state index in [1.807, 2.05) is 0 Å². The van der Waals surface area contributed by atoms with Crippen LogP contribution in [0.5, 0.6) is 5.75 Å². The molecule has 0 heterocycles. The van der Waals surface area contributed by atoms with Crippen molar-refractivity contribution in [3.8, 4) is 5.75 Å². The van der Waals surface area contributed by atoms with Crippen LogP contribution in [0, 0.1) is 5.82 Å². The van der Waals surface area contributed by atoms with Gasteiger partial charge in [0.1, 0.15) is 6.61 Å². The van der Waals surface area contributed by atoms with Gasteiger partial charge in [0, 0.05) is 23.3 Å². The van der Waals surface area contributed by atoms with E-state index in [-0.39, 0.29) is 5.75 Å². The maximum absolute atomic E-state index is 13.2. The van der Waals surface area contributed by atoms with Gasteiger partial charge >= 0.3 is 0 Å². The smallest absolute Gasteiger partial charge is 0.166 e. The summed E-state index contributed by atoms with van der Waals surface area (Å²) < 4.78 is 23.6. The highest BCUT2D eigenvalue weighted by atomic mass is 79.9. The molecular formula is C9H11BrFNO2. The Morgan fingerprint density at radius 3 is 2.79 bits per heavy atom. The van der Waals surface area contributed by atoms with Crippen molar-refractivity contribution in [3.05, 3.63) is 22.4 Å². The number of rotatable bonds is 4. The SMILES string of the molecule is COCCOc1cc(N)c(Br)cc1F. The van der Waals surface area contributed by atoms with E-state index in [2.05, 4.69) is 15.9 Å². The van der Waals surface area contributed by atoms with E-state index in [0.717, 1.165) is 0 Å². The van der Waals surface area contributed by atoms with Crippen LogP contribution in [-0.4, -0.2) is 20.3 Å². The van der Waals surface area contributed by atoms with E-state index in [4.69, 9.17) is 15.2 Å². The van der Waals surface area contributed by atoms with Gasteiger partial charge in [-0.25, -0.2) is 4.39 Å². The predicted octanol–water partition coefficient (Wildman–Crippen LogP) is 2.20. The molecule has 5 heteroatoms. The summed E-state index contributed by atoms with van der Waals surface area (Å²) in [6.45, 7) is 0.712. The van der Waals surface area contributed by atoms with Crippen LogP contribution >= 0.6 is 15.9 Å². The Bertz CT molecular complexity index is 320. The first-order valence-electron chi connectivity index (χ1n) is 4.01. The van der Waals surface area contributed by atoms with Crippen molar-refractivity contribution < 1.29 is 13.9 Å². The van der Waals surface area contributed by atoms with Gasteiger partial charge in [-0.15, -0.1) is 0 Å². The van der Waals surface area contributed by atoms with Crippen LogP contribution < -0.4 is 10.5 Å². The zero-order valence-electron chi connectivity index (χ0n) is 7.72. The van der Waals surface area contributed by atoms with Gasteiger partial charge in [0.05, 0.1) is 6.61 Å².